The summed E-state index contributed by atoms with van der Waals surface area (Å²) in [6, 6.07) is 15.5. The molecule has 222 valence electrons. The molecule has 3 aromatic carbocycles. The minimum atomic E-state index is -4.46. The number of rotatable bonds is 8. The molecule has 3 aromatic rings. The lowest BCUT2D eigenvalue weighted by molar-refractivity contribution is -0.194. The number of hydrogen-bond acceptors (Lipinski definition) is 7. The van der Waals surface area contributed by atoms with Crippen molar-refractivity contribution in [3.8, 4) is 16.9 Å². The van der Waals surface area contributed by atoms with Gasteiger partial charge >= 0.3 is 12.1 Å². The standard InChI is InChI=1S/C31H31F3N2O6/c1-39-26-16-20(30(40-2)42-26)17-36-14-13-19-15-22(11-12-24(19)27(36)28(35)37)41-29(38)25-6-4-3-5-23(25)18-7-9-21(10-8-18)31(32,33)34/h3-12,15,20,26-27,30H,13-14,16-17H2,1-2H3,(H2,35,37). The van der Waals surface area contributed by atoms with E-state index in [1.54, 1.807) is 56.7 Å². The third kappa shape index (κ3) is 6.19. The number of benzene rings is 3. The van der Waals surface area contributed by atoms with Gasteiger partial charge in [-0.05, 0) is 59.0 Å². The Balaban J connectivity index is 1.34. The molecule has 0 radical (unpaired) electrons. The van der Waals surface area contributed by atoms with Crippen molar-refractivity contribution < 1.29 is 41.7 Å². The van der Waals surface area contributed by atoms with Gasteiger partial charge in [0.25, 0.3) is 0 Å². The Morgan fingerprint density at radius 3 is 2.43 bits per heavy atom. The van der Waals surface area contributed by atoms with Gasteiger partial charge in [0.2, 0.25) is 5.91 Å². The molecule has 0 aromatic heterocycles. The van der Waals surface area contributed by atoms with Crippen molar-refractivity contribution in [2.75, 3.05) is 27.3 Å². The van der Waals surface area contributed by atoms with E-state index < -0.39 is 35.9 Å². The van der Waals surface area contributed by atoms with Crippen molar-refractivity contribution >= 4 is 11.9 Å². The third-order valence-corrected chi connectivity index (χ3v) is 7.72. The van der Waals surface area contributed by atoms with Gasteiger partial charge in [0.1, 0.15) is 11.8 Å². The van der Waals surface area contributed by atoms with Gasteiger partial charge in [0.15, 0.2) is 12.6 Å². The van der Waals surface area contributed by atoms with Gasteiger partial charge in [-0.3, -0.25) is 9.69 Å². The molecule has 4 atom stereocenters. The maximum atomic E-state index is 13.2. The highest BCUT2D eigenvalue weighted by molar-refractivity contribution is 5.98. The highest BCUT2D eigenvalue weighted by atomic mass is 19.4. The summed E-state index contributed by atoms with van der Waals surface area (Å²) in [4.78, 5) is 27.8. The summed E-state index contributed by atoms with van der Waals surface area (Å²) in [6.07, 6.45) is -4.10. The topological polar surface area (TPSA) is 100 Å². The largest absolute Gasteiger partial charge is 0.423 e. The van der Waals surface area contributed by atoms with Crippen LogP contribution in [0.25, 0.3) is 11.1 Å². The number of ether oxygens (including phenoxy) is 4. The molecule has 0 spiro atoms. The van der Waals surface area contributed by atoms with Crippen molar-refractivity contribution in [1.82, 2.24) is 4.90 Å². The van der Waals surface area contributed by atoms with Gasteiger partial charge < -0.3 is 24.7 Å². The molecule has 2 N–H and O–H groups in total. The van der Waals surface area contributed by atoms with Crippen molar-refractivity contribution in [3.63, 3.8) is 0 Å². The predicted octanol–water partition coefficient (Wildman–Crippen LogP) is 4.96. The van der Waals surface area contributed by atoms with E-state index in [0.29, 0.717) is 37.1 Å². The number of nitrogens with zero attached hydrogens (tertiary/aromatic N) is 1. The Kier molecular flexibility index (Phi) is 8.65. The normalized spacial score (nSPS) is 22.5. The number of alkyl halides is 3. The van der Waals surface area contributed by atoms with Crippen molar-refractivity contribution in [2.45, 2.75) is 37.6 Å². The summed E-state index contributed by atoms with van der Waals surface area (Å²) < 4.78 is 61.3. The van der Waals surface area contributed by atoms with E-state index in [4.69, 9.17) is 24.7 Å². The molecular formula is C31H31F3N2O6. The lowest BCUT2D eigenvalue weighted by Gasteiger charge is -2.37. The lowest BCUT2D eigenvalue weighted by Crippen LogP contribution is -2.45. The molecule has 8 nitrogen and oxygen atoms in total. The first-order valence-electron chi connectivity index (χ1n) is 13.4. The number of amides is 1. The molecule has 11 heteroatoms. The molecule has 0 saturated carbocycles. The number of halogens is 3. The number of primary amides is 1. The van der Waals surface area contributed by atoms with Crippen molar-refractivity contribution in [1.29, 1.82) is 0 Å². The monoisotopic (exact) mass is 584 g/mol. The molecule has 0 aliphatic carbocycles. The quantitative estimate of drug-likeness (QED) is 0.295. The molecule has 1 fully saturated rings. The van der Waals surface area contributed by atoms with E-state index in [1.807, 2.05) is 4.90 Å². The zero-order chi connectivity index (χ0) is 30.0. The molecule has 2 aliphatic heterocycles. The van der Waals surface area contributed by atoms with Crippen LogP contribution >= 0.6 is 0 Å². The maximum absolute atomic E-state index is 13.2. The Morgan fingerprint density at radius 1 is 1.02 bits per heavy atom. The third-order valence-electron chi connectivity index (χ3n) is 7.72. The van der Waals surface area contributed by atoms with Crippen LogP contribution in [0.1, 0.15) is 39.5 Å². The number of methoxy groups -OCH3 is 2. The molecule has 42 heavy (non-hydrogen) atoms. The van der Waals surface area contributed by atoms with Crippen molar-refractivity contribution in [3.05, 3.63) is 89.0 Å². The number of hydrogen-bond donors (Lipinski definition) is 1. The minimum absolute atomic E-state index is 0.0201. The molecule has 5 rings (SSSR count). The molecule has 2 heterocycles. The highest BCUT2D eigenvalue weighted by Crippen LogP contribution is 2.36. The van der Waals surface area contributed by atoms with E-state index in [1.165, 1.54) is 12.1 Å². The number of carbonyl (C=O) groups is 2. The summed E-state index contributed by atoms with van der Waals surface area (Å²) >= 11 is 0. The summed E-state index contributed by atoms with van der Waals surface area (Å²) in [5, 5.41) is 0. The maximum Gasteiger partial charge on any atom is 0.416 e. The second kappa shape index (κ2) is 12.2. The minimum Gasteiger partial charge on any atom is -0.423 e. The van der Waals surface area contributed by atoms with Crippen molar-refractivity contribution in [2.24, 2.45) is 11.7 Å². The smallest absolute Gasteiger partial charge is 0.416 e. The van der Waals surface area contributed by atoms with Gasteiger partial charge in [-0.1, -0.05) is 36.4 Å². The number of nitrogens with two attached hydrogens (primary N) is 1. The zero-order valence-corrected chi connectivity index (χ0v) is 23.1. The van der Waals surface area contributed by atoms with E-state index in [-0.39, 0.29) is 23.5 Å². The summed E-state index contributed by atoms with van der Waals surface area (Å²) in [5.41, 5.74) is 7.74. The van der Waals surface area contributed by atoms with Gasteiger partial charge in [0, 0.05) is 39.6 Å². The summed E-state index contributed by atoms with van der Waals surface area (Å²) in [6.45, 7) is 1.06. The first-order valence-corrected chi connectivity index (χ1v) is 13.4. The Morgan fingerprint density at radius 2 is 1.76 bits per heavy atom. The van der Waals surface area contributed by atoms with Crippen LogP contribution in [0, 0.1) is 5.92 Å². The van der Waals surface area contributed by atoms with E-state index in [0.717, 1.165) is 23.3 Å². The Bertz CT molecular complexity index is 1450. The van der Waals surface area contributed by atoms with Crippen LogP contribution in [0.5, 0.6) is 5.75 Å². The fourth-order valence-electron chi connectivity index (χ4n) is 5.70. The van der Waals surface area contributed by atoms with Gasteiger partial charge in [-0.25, -0.2) is 4.79 Å². The van der Waals surface area contributed by atoms with Crippen LogP contribution in [-0.2, 0) is 31.6 Å². The van der Waals surface area contributed by atoms with Crippen LogP contribution in [0.4, 0.5) is 13.2 Å². The second-order valence-electron chi connectivity index (χ2n) is 10.3. The van der Waals surface area contributed by atoms with E-state index in [9.17, 15) is 22.8 Å². The zero-order valence-electron chi connectivity index (χ0n) is 23.1. The molecule has 1 amide bonds. The van der Waals surface area contributed by atoms with Gasteiger partial charge in [0.05, 0.1) is 11.1 Å². The molecule has 0 bridgehead atoms. The molecule has 2 aliphatic rings. The Hall–Kier alpha value is -3.77. The fraction of sp³-hybridized carbons (Fsp3) is 0.355. The average Bonchev–Trinajstić information content (AvgIpc) is 3.38. The number of fused-ring (bicyclic) bond motifs is 1. The fourth-order valence-corrected chi connectivity index (χ4v) is 5.70. The van der Waals surface area contributed by atoms with Crippen LogP contribution in [-0.4, -0.2) is 56.7 Å². The average molecular weight is 585 g/mol. The van der Waals surface area contributed by atoms with Crippen LogP contribution < -0.4 is 10.5 Å². The van der Waals surface area contributed by atoms with Crippen LogP contribution in [0.3, 0.4) is 0 Å². The highest BCUT2D eigenvalue weighted by Gasteiger charge is 2.40. The van der Waals surface area contributed by atoms with Gasteiger partial charge in [-0.2, -0.15) is 13.2 Å². The Labute approximate surface area is 241 Å². The molecular weight excluding hydrogens is 553 g/mol. The van der Waals surface area contributed by atoms with Crippen LogP contribution in [0.2, 0.25) is 0 Å². The first-order chi connectivity index (χ1) is 20.1. The van der Waals surface area contributed by atoms with E-state index >= 15 is 0 Å². The molecule has 4 unspecified atom stereocenters. The van der Waals surface area contributed by atoms with Gasteiger partial charge in [-0.15, -0.1) is 0 Å². The number of esters is 1. The lowest BCUT2D eigenvalue weighted by atomic mass is 9.90. The number of carbonyl (C=O) groups excluding carboxylic acids is 2. The summed E-state index contributed by atoms with van der Waals surface area (Å²) in [5.74, 6) is -0.895. The molecule has 1 saturated heterocycles. The van der Waals surface area contributed by atoms with Crippen LogP contribution in [0.15, 0.2) is 66.7 Å². The van der Waals surface area contributed by atoms with E-state index in [2.05, 4.69) is 0 Å². The SMILES string of the molecule is COC1CC(CN2CCc3cc(OC(=O)c4ccccc4-c4ccc(C(F)(F)F)cc4)ccc3C2C(N)=O)C(OC)O1. The second-order valence-corrected chi connectivity index (χ2v) is 10.3. The summed E-state index contributed by atoms with van der Waals surface area (Å²) in [7, 11) is 3.14. The predicted molar refractivity (Wildman–Crippen MR) is 146 cm³/mol. The first kappa shape index (κ1) is 29.7.